The number of thiazole rings is 1. The number of hydrogen-bond donors (Lipinski definition) is 0. The lowest BCUT2D eigenvalue weighted by Crippen LogP contribution is -2.36. The van der Waals surface area contributed by atoms with Gasteiger partial charge in [-0.1, -0.05) is 47.2 Å². The molecule has 0 saturated carbocycles. The van der Waals surface area contributed by atoms with Gasteiger partial charge in [-0.25, -0.2) is 0 Å². The van der Waals surface area contributed by atoms with E-state index < -0.39 is 6.10 Å². The molecular weight excluding hydrogens is 372 g/mol. The van der Waals surface area contributed by atoms with Crippen LogP contribution in [0.15, 0.2) is 60.1 Å². The SMILES string of the molecule is C=CCn1c(=NC(=O)[C@@H]2COc3ccccc3O2)sc2cccc(Cl)c21. The molecule has 1 aliphatic heterocycles. The van der Waals surface area contributed by atoms with Crippen molar-refractivity contribution < 1.29 is 14.3 Å². The second kappa shape index (κ2) is 6.97. The predicted octanol–water partition coefficient (Wildman–Crippen LogP) is 3.81. The maximum atomic E-state index is 12.7. The first-order valence-corrected chi connectivity index (χ1v) is 9.22. The maximum Gasteiger partial charge on any atom is 0.292 e. The van der Waals surface area contributed by atoms with Crippen LogP contribution in [0.2, 0.25) is 5.02 Å². The zero-order chi connectivity index (χ0) is 18.1. The van der Waals surface area contributed by atoms with Crippen molar-refractivity contribution in [2.45, 2.75) is 12.6 Å². The fraction of sp³-hybridized carbons (Fsp3) is 0.158. The molecule has 26 heavy (non-hydrogen) atoms. The molecule has 2 aromatic carbocycles. The van der Waals surface area contributed by atoms with Crippen LogP contribution in [0.3, 0.4) is 0 Å². The Hall–Kier alpha value is -2.57. The van der Waals surface area contributed by atoms with Crippen LogP contribution in [0.25, 0.3) is 10.2 Å². The summed E-state index contributed by atoms with van der Waals surface area (Å²) in [6.07, 6.45) is 0.970. The van der Waals surface area contributed by atoms with E-state index >= 15 is 0 Å². The molecule has 132 valence electrons. The van der Waals surface area contributed by atoms with Crippen molar-refractivity contribution in [1.29, 1.82) is 0 Å². The number of halogens is 1. The molecule has 0 aliphatic carbocycles. The highest BCUT2D eigenvalue weighted by molar-refractivity contribution is 7.16. The van der Waals surface area contributed by atoms with Gasteiger partial charge < -0.3 is 14.0 Å². The molecule has 2 heterocycles. The number of fused-ring (bicyclic) bond motifs is 2. The zero-order valence-corrected chi connectivity index (χ0v) is 15.3. The van der Waals surface area contributed by atoms with Crippen LogP contribution in [-0.4, -0.2) is 23.2 Å². The third-order valence-corrected chi connectivity index (χ3v) is 5.30. The number of benzene rings is 2. The lowest BCUT2D eigenvalue weighted by Gasteiger charge is -2.23. The van der Waals surface area contributed by atoms with Gasteiger partial charge in [0.1, 0.15) is 6.61 Å². The molecule has 0 bridgehead atoms. The van der Waals surface area contributed by atoms with Gasteiger partial charge in [-0.3, -0.25) is 4.79 Å². The van der Waals surface area contributed by atoms with Crippen molar-refractivity contribution in [3.8, 4) is 11.5 Å². The van der Waals surface area contributed by atoms with Crippen molar-refractivity contribution in [2.75, 3.05) is 6.61 Å². The molecule has 7 heteroatoms. The maximum absolute atomic E-state index is 12.7. The first-order valence-electron chi connectivity index (χ1n) is 8.03. The van der Waals surface area contributed by atoms with Crippen molar-refractivity contribution in [3.63, 3.8) is 0 Å². The van der Waals surface area contributed by atoms with E-state index in [0.717, 1.165) is 10.2 Å². The first kappa shape index (κ1) is 16.9. The standard InChI is InChI=1S/C19H15ClN2O3S/c1-2-10-22-17-12(20)6-5-9-16(17)26-19(22)21-18(23)15-11-24-13-7-3-4-8-14(13)25-15/h2-9,15H,1,10-11H2/t15-/m0/s1. The molecule has 0 radical (unpaired) electrons. The van der Waals surface area contributed by atoms with Crippen LogP contribution in [0.1, 0.15) is 0 Å². The highest BCUT2D eigenvalue weighted by atomic mass is 35.5. The number of amides is 1. The quantitative estimate of drug-likeness (QED) is 0.643. The second-order valence-corrected chi connectivity index (χ2v) is 7.10. The van der Waals surface area contributed by atoms with E-state index in [1.165, 1.54) is 11.3 Å². The average molecular weight is 387 g/mol. The summed E-state index contributed by atoms with van der Waals surface area (Å²) in [6, 6.07) is 12.9. The number of aromatic nitrogens is 1. The van der Waals surface area contributed by atoms with E-state index in [4.69, 9.17) is 21.1 Å². The van der Waals surface area contributed by atoms with Gasteiger partial charge >= 0.3 is 0 Å². The van der Waals surface area contributed by atoms with Crippen LogP contribution in [0, 0.1) is 0 Å². The van der Waals surface area contributed by atoms with Gasteiger partial charge in [0.25, 0.3) is 5.91 Å². The summed E-state index contributed by atoms with van der Waals surface area (Å²) in [6.45, 7) is 4.41. The summed E-state index contributed by atoms with van der Waals surface area (Å²) in [7, 11) is 0. The van der Waals surface area contributed by atoms with Gasteiger partial charge in [-0.05, 0) is 24.3 Å². The molecular formula is C19H15ClN2O3S. The van der Waals surface area contributed by atoms with E-state index in [1.807, 2.05) is 34.9 Å². The summed E-state index contributed by atoms with van der Waals surface area (Å²) in [5.74, 6) is 0.789. The monoisotopic (exact) mass is 386 g/mol. The summed E-state index contributed by atoms with van der Waals surface area (Å²) in [5.41, 5.74) is 0.844. The number of ether oxygens (including phenoxy) is 2. The zero-order valence-electron chi connectivity index (χ0n) is 13.7. The highest BCUT2D eigenvalue weighted by Crippen LogP contribution is 2.31. The van der Waals surface area contributed by atoms with E-state index in [9.17, 15) is 4.79 Å². The lowest BCUT2D eigenvalue weighted by molar-refractivity contribution is -0.127. The first-order chi connectivity index (χ1) is 12.7. The highest BCUT2D eigenvalue weighted by Gasteiger charge is 2.27. The van der Waals surface area contributed by atoms with E-state index in [0.29, 0.717) is 27.9 Å². The minimum Gasteiger partial charge on any atom is -0.485 e. The normalized spacial score (nSPS) is 16.7. The van der Waals surface area contributed by atoms with E-state index in [-0.39, 0.29) is 12.5 Å². The number of nitrogens with zero attached hydrogens (tertiary/aromatic N) is 2. The van der Waals surface area contributed by atoms with Gasteiger partial charge in [0.05, 0.1) is 15.2 Å². The Balaban J connectivity index is 1.72. The summed E-state index contributed by atoms with van der Waals surface area (Å²) < 4.78 is 14.2. The number of rotatable bonds is 3. The fourth-order valence-corrected chi connectivity index (χ4v) is 4.18. The Bertz CT molecular complexity index is 1070. The number of allylic oxidation sites excluding steroid dienone is 1. The molecule has 1 aromatic heterocycles. The lowest BCUT2D eigenvalue weighted by atomic mass is 10.2. The molecule has 1 aliphatic rings. The predicted molar refractivity (Wildman–Crippen MR) is 102 cm³/mol. The van der Waals surface area contributed by atoms with E-state index in [2.05, 4.69) is 11.6 Å². The Kier molecular flexibility index (Phi) is 4.53. The van der Waals surface area contributed by atoms with Crippen molar-refractivity contribution in [3.05, 3.63) is 64.9 Å². The molecule has 5 nitrogen and oxygen atoms in total. The molecule has 0 unspecified atom stereocenters. The molecule has 4 rings (SSSR count). The average Bonchev–Trinajstić information content (AvgIpc) is 3.00. The third kappa shape index (κ3) is 3.02. The van der Waals surface area contributed by atoms with Gasteiger partial charge in [0.15, 0.2) is 16.3 Å². The Morgan fingerprint density at radius 3 is 2.92 bits per heavy atom. The number of para-hydroxylation sites is 3. The molecule has 3 aromatic rings. The smallest absolute Gasteiger partial charge is 0.292 e. The number of carbonyl (C=O) groups excluding carboxylic acids is 1. The molecule has 1 atom stereocenters. The largest absolute Gasteiger partial charge is 0.485 e. The summed E-state index contributed by atoms with van der Waals surface area (Å²) in [5, 5.41) is 0.612. The molecule has 0 fully saturated rings. The third-order valence-electron chi connectivity index (χ3n) is 3.95. The molecule has 0 saturated heterocycles. The van der Waals surface area contributed by atoms with E-state index in [1.54, 1.807) is 18.2 Å². The van der Waals surface area contributed by atoms with Gasteiger partial charge in [-0.15, -0.1) is 6.58 Å². The van der Waals surface area contributed by atoms with Crippen LogP contribution in [0.4, 0.5) is 0 Å². The summed E-state index contributed by atoms with van der Waals surface area (Å²) >= 11 is 7.74. The van der Waals surface area contributed by atoms with Crippen LogP contribution < -0.4 is 14.3 Å². The number of hydrogen-bond acceptors (Lipinski definition) is 4. The minimum atomic E-state index is -0.775. The van der Waals surface area contributed by atoms with Crippen LogP contribution >= 0.6 is 22.9 Å². The molecule has 1 amide bonds. The van der Waals surface area contributed by atoms with Gasteiger partial charge in [0.2, 0.25) is 6.10 Å². The Morgan fingerprint density at radius 2 is 2.12 bits per heavy atom. The second-order valence-electron chi connectivity index (χ2n) is 5.68. The molecule has 0 spiro atoms. The number of carbonyl (C=O) groups is 1. The van der Waals surface area contributed by atoms with Gasteiger partial charge in [0, 0.05) is 6.54 Å². The fourth-order valence-electron chi connectivity index (χ4n) is 2.78. The Morgan fingerprint density at radius 1 is 1.31 bits per heavy atom. The van der Waals surface area contributed by atoms with Crippen LogP contribution in [0.5, 0.6) is 11.5 Å². The van der Waals surface area contributed by atoms with Crippen molar-refractivity contribution in [2.24, 2.45) is 4.99 Å². The van der Waals surface area contributed by atoms with Crippen LogP contribution in [-0.2, 0) is 11.3 Å². The Labute approximate surface area is 158 Å². The molecule has 0 N–H and O–H groups in total. The van der Waals surface area contributed by atoms with Crippen molar-refractivity contribution >= 4 is 39.1 Å². The summed E-state index contributed by atoms with van der Waals surface area (Å²) in [4.78, 5) is 17.5. The minimum absolute atomic E-state index is 0.131. The van der Waals surface area contributed by atoms with Gasteiger partial charge in [-0.2, -0.15) is 4.99 Å². The topological polar surface area (TPSA) is 52.8 Å². The van der Waals surface area contributed by atoms with Crippen molar-refractivity contribution in [1.82, 2.24) is 4.57 Å².